The average Bonchev–Trinajstić information content (AvgIpc) is 3.12. The van der Waals surface area contributed by atoms with Gasteiger partial charge in [0, 0.05) is 36.0 Å². The van der Waals surface area contributed by atoms with E-state index in [2.05, 4.69) is 0 Å². The van der Waals surface area contributed by atoms with Crippen molar-refractivity contribution in [2.45, 2.75) is 25.2 Å². The van der Waals surface area contributed by atoms with Gasteiger partial charge in [-0.25, -0.2) is 0 Å². The second kappa shape index (κ2) is 6.87. The molecular formula is C21H20O6. The van der Waals surface area contributed by atoms with E-state index in [0.717, 1.165) is 5.56 Å². The van der Waals surface area contributed by atoms with Crippen molar-refractivity contribution in [3.8, 4) is 23.0 Å². The van der Waals surface area contributed by atoms with Crippen LogP contribution >= 0.6 is 0 Å². The number of phenols is 1. The summed E-state index contributed by atoms with van der Waals surface area (Å²) in [6.45, 7) is 0.0817. The van der Waals surface area contributed by atoms with E-state index in [4.69, 9.17) is 14.2 Å². The smallest absolute Gasteiger partial charge is 0.231 e. The number of fused-ring (bicyclic) bond motifs is 1. The van der Waals surface area contributed by atoms with Crippen molar-refractivity contribution in [2.75, 3.05) is 13.9 Å². The molecular weight excluding hydrogens is 348 g/mol. The number of ether oxygens (including phenoxy) is 3. The third-order valence-corrected chi connectivity index (χ3v) is 5.00. The van der Waals surface area contributed by atoms with Crippen LogP contribution < -0.4 is 14.2 Å². The van der Waals surface area contributed by atoms with Crippen molar-refractivity contribution >= 4 is 5.78 Å². The molecule has 0 spiro atoms. The number of benzene rings is 2. The highest BCUT2D eigenvalue weighted by molar-refractivity contribution is 5.99. The van der Waals surface area contributed by atoms with E-state index in [0.29, 0.717) is 47.6 Å². The molecule has 1 aliphatic carbocycles. The Labute approximate surface area is 156 Å². The van der Waals surface area contributed by atoms with E-state index < -0.39 is 5.92 Å². The molecule has 2 aromatic carbocycles. The fraction of sp³-hybridized carbons (Fsp3) is 0.286. The number of aliphatic hydroxyl groups is 1. The minimum absolute atomic E-state index is 0.0151. The van der Waals surface area contributed by atoms with Crippen LogP contribution in [0.5, 0.6) is 23.0 Å². The first-order chi connectivity index (χ1) is 13.1. The van der Waals surface area contributed by atoms with Gasteiger partial charge in [-0.05, 0) is 30.2 Å². The van der Waals surface area contributed by atoms with Crippen LogP contribution in [-0.4, -0.2) is 29.9 Å². The average molecular weight is 368 g/mol. The number of carbonyl (C=O) groups excluding carboxylic acids is 1. The van der Waals surface area contributed by atoms with Crippen LogP contribution in [0.4, 0.5) is 0 Å². The molecule has 140 valence electrons. The Morgan fingerprint density at radius 2 is 1.74 bits per heavy atom. The number of hydrogen-bond donors (Lipinski definition) is 2. The SMILES string of the molecule is COc1ccc(C(C2=C(O)CCCC2=O)c2cc3c(cc2O)OCO3)cc1. The molecule has 0 saturated carbocycles. The number of allylic oxidation sites excluding steroid dienone is 2. The number of aliphatic hydroxyl groups excluding tert-OH is 1. The van der Waals surface area contributed by atoms with Crippen LogP contribution in [0.1, 0.15) is 36.3 Å². The van der Waals surface area contributed by atoms with Gasteiger partial charge in [-0.15, -0.1) is 0 Å². The number of rotatable bonds is 4. The van der Waals surface area contributed by atoms with Crippen LogP contribution in [0.3, 0.4) is 0 Å². The molecule has 4 rings (SSSR count). The van der Waals surface area contributed by atoms with E-state index in [9.17, 15) is 15.0 Å². The number of ketones is 1. The first kappa shape index (κ1) is 17.3. The topological polar surface area (TPSA) is 85.2 Å². The van der Waals surface area contributed by atoms with Crippen molar-refractivity contribution < 1.29 is 29.2 Å². The molecule has 0 saturated heterocycles. The highest BCUT2D eigenvalue weighted by Crippen LogP contribution is 2.46. The molecule has 2 N–H and O–H groups in total. The zero-order valence-corrected chi connectivity index (χ0v) is 14.9. The lowest BCUT2D eigenvalue weighted by molar-refractivity contribution is -0.116. The molecule has 6 heteroatoms. The molecule has 0 amide bonds. The van der Waals surface area contributed by atoms with E-state index in [1.165, 1.54) is 6.07 Å². The lowest BCUT2D eigenvalue weighted by Crippen LogP contribution is -2.19. The van der Waals surface area contributed by atoms with E-state index in [1.807, 2.05) is 12.1 Å². The molecule has 0 radical (unpaired) electrons. The zero-order chi connectivity index (χ0) is 19.0. The highest BCUT2D eigenvalue weighted by atomic mass is 16.7. The number of Topliss-reactive ketones (excluding diaryl/α,β-unsaturated/α-hetero) is 1. The van der Waals surface area contributed by atoms with Crippen LogP contribution in [-0.2, 0) is 4.79 Å². The van der Waals surface area contributed by atoms with Crippen molar-refractivity contribution in [1.29, 1.82) is 0 Å². The Morgan fingerprint density at radius 3 is 2.41 bits per heavy atom. The summed E-state index contributed by atoms with van der Waals surface area (Å²) in [6.07, 6.45) is 1.44. The minimum atomic E-state index is -0.613. The van der Waals surface area contributed by atoms with Gasteiger partial charge in [-0.3, -0.25) is 4.79 Å². The lowest BCUT2D eigenvalue weighted by atomic mass is 9.78. The van der Waals surface area contributed by atoms with Gasteiger partial charge >= 0.3 is 0 Å². The monoisotopic (exact) mass is 368 g/mol. The molecule has 1 unspecified atom stereocenters. The molecule has 2 aliphatic rings. The summed E-state index contributed by atoms with van der Waals surface area (Å²) < 4.78 is 16.0. The van der Waals surface area contributed by atoms with Gasteiger partial charge in [0.1, 0.15) is 11.5 Å². The Hall–Kier alpha value is -3.15. The van der Waals surface area contributed by atoms with E-state index in [1.54, 1.807) is 25.3 Å². The van der Waals surface area contributed by atoms with Gasteiger partial charge in [0.15, 0.2) is 17.3 Å². The maximum atomic E-state index is 12.7. The molecule has 0 fully saturated rings. The molecule has 6 nitrogen and oxygen atoms in total. The minimum Gasteiger partial charge on any atom is -0.512 e. The van der Waals surface area contributed by atoms with Gasteiger partial charge in [0.2, 0.25) is 6.79 Å². The molecule has 2 aromatic rings. The maximum absolute atomic E-state index is 12.7. The Bertz CT molecular complexity index is 913. The first-order valence-electron chi connectivity index (χ1n) is 8.80. The lowest BCUT2D eigenvalue weighted by Gasteiger charge is -2.25. The summed E-state index contributed by atoms with van der Waals surface area (Å²) in [4.78, 5) is 12.7. The van der Waals surface area contributed by atoms with E-state index in [-0.39, 0.29) is 24.1 Å². The summed E-state index contributed by atoms with van der Waals surface area (Å²) in [5.41, 5.74) is 1.57. The summed E-state index contributed by atoms with van der Waals surface area (Å²) in [5, 5.41) is 21.1. The first-order valence-corrected chi connectivity index (χ1v) is 8.80. The Morgan fingerprint density at radius 1 is 1.04 bits per heavy atom. The van der Waals surface area contributed by atoms with Crippen molar-refractivity contribution in [3.05, 3.63) is 58.9 Å². The summed E-state index contributed by atoms with van der Waals surface area (Å²) in [5.74, 6) is 0.973. The largest absolute Gasteiger partial charge is 0.512 e. The quantitative estimate of drug-likeness (QED) is 0.853. The highest BCUT2D eigenvalue weighted by Gasteiger charge is 2.33. The number of carbonyl (C=O) groups is 1. The van der Waals surface area contributed by atoms with Gasteiger partial charge in [0.05, 0.1) is 12.9 Å². The standard InChI is InChI=1S/C21H20O6/c1-25-13-7-5-12(6-8-13)20(21-15(22)3-2-4-16(21)23)14-9-18-19(10-17(14)24)27-11-26-18/h5-10,20,22,24H,2-4,11H2,1H3. The third-order valence-electron chi connectivity index (χ3n) is 5.00. The Kier molecular flexibility index (Phi) is 4.39. The summed E-state index contributed by atoms with van der Waals surface area (Å²) >= 11 is 0. The number of phenolic OH excluding ortho intramolecular Hbond substituents is 1. The molecule has 0 aromatic heterocycles. The van der Waals surface area contributed by atoms with Gasteiger partial charge in [-0.2, -0.15) is 0 Å². The van der Waals surface area contributed by atoms with Gasteiger partial charge < -0.3 is 24.4 Å². The number of methoxy groups -OCH3 is 1. The molecule has 0 bridgehead atoms. The molecule has 1 heterocycles. The summed E-state index contributed by atoms with van der Waals surface area (Å²) in [6, 6.07) is 10.4. The van der Waals surface area contributed by atoms with E-state index >= 15 is 0 Å². The fourth-order valence-electron chi connectivity index (χ4n) is 3.65. The summed E-state index contributed by atoms with van der Waals surface area (Å²) in [7, 11) is 1.58. The zero-order valence-electron chi connectivity index (χ0n) is 14.9. The second-order valence-corrected chi connectivity index (χ2v) is 6.61. The predicted octanol–water partition coefficient (Wildman–Crippen LogP) is 3.83. The van der Waals surface area contributed by atoms with Crippen LogP contribution in [0.15, 0.2) is 47.7 Å². The van der Waals surface area contributed by atoms with Crippen molar-refractivity contribution in [2.24, 2.45) is 0 Å². The number of hydrogen-bond acceptors (Lipinski definition) is 6. The van der Waals surface area contributed by atoms with Gasteiger partial charge in [0.25, 0.3) is 0 Å². The van der Waals surface area contributed by atoms with Gasteiger partial charge in [-0.1, -0.05) is 12.1 Å². The second-order valence-electron chi connectivity index (χ2n) is 6.61. The molecule has 1 atom stereocenters. The normalized spacial score (nSPS) is 17.1. The van der Waals surface area contributed by atoms with Crippen molar-refractivity contribution in [3.63, 3.8) is 0 Å². The van der Waals surface area contributed by atoms with Crippen LogP contribution in [0, 0.1) is 0 Å². The van der Waals surface area contributed by atoms with Crippen LogP contribution in [0.25, 0.3) is 0 Å². The predicted molar refractivity (Wildman–Crippen MR) is 97.6 cm³/mol. The Balaban J connectivity index is 1.90. The molecule has 1 aliphatic heterocycles. The molecule has 27 heavy (non-hydrogen) atoms. The van der Waals surface area contributed by atoms with Crippen LogP contribution in [0.2, 0.25) is 0 Å². The maximum Gasteiger partial charge on any atom is 0.231 e. The number of aromatic hydroxyl groups is 1. The van der Waals surface area contributed by atoms with Crippen molar-refractivity contribution in [1.82, 2.24) is 0 Å². The fourth-order valence-corrected chi connectivity index (χ4v) is 3.65. The third kappa shape index (κ3) is 3.07.